The van der Waals surface area contributed by atoms with Gasteiger partial charge in [0.15, 0.2) is 0 Å². The zero-order chi connectivity index (χ0) is 7.28. The molecule has 9 heavy (non-hydrogen) atoms. The average molecular weight is 191 g/mol. The molecular formula is C5H9Cl3O. The Labute approximate surface area is 69.9 Å². The summed E-state index contributed by atoms with van der Waals surface area (Å²) in [5.41, 5.74) is 0. The quantitative estimate of drug-likeness (QED) is 0.672. The van der Waals surface area contributed by atoms with E-state index in [1.807, 2.05) is 0 Å². The van der Waals surface area contributed by atoms with Gasteiger partial charge in [-0.15, -0.1) is 34.8 Å². The van der Waals surface area contributed by atoms with E-state index in [0.717, 1.165) is 0 Å². The Bertz CT molecular complexity index is 69.2. The summed E-state index contributed by atoms with van der Waals surface area (Å²) in [4.78, 5) is 0. The molecule has 0 heterocycles. The summed E-state index contributed by atoms with van der Waals surface area (Å²) in [5.74, 6) is 0.484. The standard InChI is InChI=1S/C5H9Cl3O/c6-2-1-4(7)5(8)3-9/h4-5,9H,1-3H2. The Kier molecular flexibility index (Phi) is 6.12. The van der Waals surface area contributed by atoms with Crippen LogP contribution in [0.4, 0.5) is 0 Å². The highest BCUT2D eigenvalue weighted by molar-refractivity contribution is 6.30. The van der Waals surface area contributed by atoms with Crippen molar-refractivity contribution in [2.75, 3.05) is 12.5 Å². The third-order valence-corrected chi connectivity index (χ3v) is 2.26. The molecule has 0 spiro atoms. The summed E-state index contributed by atoms with van der Waals surface area (Å²) in [7, 11) is 0. The fourth-order valence-electron chi connectivity index (χ4n) is 0.399. The average Bonchev–Trinajstić information content (AvgIpc) is 1.87. The minimum Gasteiger partial charge on any atom is -0.395 e. The molecule has 0 rings (SSSR count). The fraction of sp³-hybridized carbons (Fsp3) is 1.00. The second kappa shape index (κ2) is 5.60. The predicted octanol–water partition coefficient (Wildman–Crippen LogP) is 1.82. The van der Waals surface area contributed by atoms with Crippen LogP contribution in [0.25, 0.3) is 0 Å². The third-order valence-electron chi connectivity index (χ3n) is 0.952. The van der Waals surface area contributed by atoms with Gasteiger partial charge in [0.1, 0.15) is 0 Å². The Balaban J connectivity index is 3.32. The number of aliphatic hydroxyl groups excluding tert-OH is 1. The lowest BCUT2D eigenvalue weighted by atomic mass is 10.2. The molecule has 0 saturated heterocycles. The van der Waals surface area contributed by atoms with Gasteiger partial charge in [-0.2, -0.15) is 0 Å². The van der Waals surface area contributed by atoms with Crippen LogP contribution in [0.3, 0.4) is 0 Å². The van der Waals surface area contributed by atoms with E-state index in [1.54, 1.807) is 0 Å². The summed E-state index contributed by atoms with van der Waals surface area (Å²) in [6.45, 7) is -0.0907. The first-order valence-electron chi connectivity index (χ1n) is 2.67. The largest absolute Gasteiger partial charge is 0.395 e. The number of hydrogen-bond acceptors (Lipinski definition) is 1. The van der Waals surface area contributed by atoms with E-state index in [4.69, 9.17) is 39.9 Å². The molecule has 0 amide bonds. The van der Waals surface area contributed by atoms with Crippen molar-refractivity contribution in [2.24, 2.45) is 0 Å². The second-order valence-corrected chi connectivity index (χ2v) is 3.19. The zero-order valence-electron chi connectivity index (χ0n) is 4.86. The molecule has 0 aromatic heterocycles. The molecule has 0 aliphatic rings. The minimum atomic E-state index is -0.370. The van der Waals surface area contributed by atoms with Crippen LogP contribution >= 0.6 is 34.8 Å². The van der Waals surface area contributed by atoms with Crippen molar-refractivity contribution in [3.05, 3.63) is 0 Å². The second-order valence-electron chi connectivity index (χ2n) is 1.69. The van der Waals surface area contributed by atoms with E-state index in [2.05, 4.69) is 0 Å². The molecule has 0 aromatic rings. The van der Waals surface area contributed by atoms with Crippen LogP contribution in [0.5, 0.6) is 0 Å². The Morgan fingerprint density at radius 3 is 2.11 bits per heavy atom. The molecule has 1 nitrogen and oxygen atoms in total. The van der Waals surface area contributed by atoms with Crippen LogP contribution in [-0.2, 0) is 0 Å². The predicted molar refractivity (Wildman–Crippen MR) is 41.7 cm³/mol. The smallest absolute Gasteiger partial charge is 0.0730 e. The molecule has 0 saturated carbocycles. The lowest BCUT2D eigenvalue weighted by Crippen LogP contribution is -2.19. The van der Waals surface area contributed by atoms with Crippen molar-refractivity contribution in [1.82, 2.24) is 0 Å². The fourth-order valence-corrected chi connectivity index (χ4v) is 1.06. The highest BCUT2D eigenvalue weighted by atomic mass is 35.5. The number of aliphatic hydroxyl groups is 1. The molecule has 0 aliphatic heterocycles. The maximum Gasteiger partial charge on any atom is 0.0730 e. The first-order valence-corrected chi connectivity index (χ1v) is 4.08. The number of halogens is 3. The summed E-state index contributed by atoms with van der Waals surface area (Å²) in [6.07, 6.45) is 0.637. The van der Waals surface area contributed by atoms with Crippen LogP contribution in [0.1, 0.15) is 6.42 Å². The van der Waals surface area contributed by atoms with Gasteiger partial charge < -0.3 is 5.11 Å². The normalized spacial score (nSPS) is 17.3. The Morgan fingerprint density at radius 1 is 1.22 bits per heavy atom. The molecule has 0 aliphatic carbocycles. The molecule has 0 fully saturated rings. The molecule has 56 valence electrons. The molecular weight excluding hydrogens is 182 g/mol. The molecule has 0 bridgehead atoms. The van der Waals surface area contributed by atoms with Crippen LogP contribution < -0.4 is 0 Å². The van der Waals surface area contributed by atoms with Crippen molar-refractivity contribution in [1.29, 1.82) is 0 Å². The van der Waals surface area contributed by atoms with Crippen molar-refractivity contribution in [3.8, 4) is 0 Å². The van der Waals surface area contributed by atoms with Crippen LogP contribution in [0.15, 0.2) is 0 Å². The van der Waals surface area contributed by atoms with Crippen LogP contribution in [-0.4, -0.2) is 28.3 Å². The van der Waals surface area contributed by atoms with Gasteiger partial charge >= 0.3 is 0 Å². The van der Waals surface area contributed by atoms with E-state index < -0.39 is 0 Å². The monoisotopic (exact) mass is 190 g/mol. The maximum atomic E-state index is 8.47. The summed E-state index contributed by atoms with van der Waals surface area (Å²) >= 11 is 16.6. The number of hydrogen-bond donors (Lipinski definition) is 1. The van der Waals surface area contributed by atoms with E-state index >= 15 is 0 Å². The van der Waals surface area contributed by atoms with Crippen LogP contribution in [0.2, 0.25) is 0 Å². The maximum absolute atomic E-state index is 8.47. The Hall–Kier alpha value is 0.830. The number of alkyl halides is 3. The van der Waals surface area contributed by atoms with E-state index in [1.165, 1.54) is 0 Å². The first kappa shape index (κ1) is 9.83. The van der Waals surface area contributed by atoms with E-state index in [9.17, 15) is 0 Å². The molecule has 1 N–H and O–H groups in total. The lowest BCUT2D eigenvalue weighted by molar-refractivity contribution is 0.289. The van der Waals surface area contributed by atoms with Gasteiger partial charge in [-0.25, -0.2) is 0 Å². The van der Waals surface area contributed by atoms with Crippen molar-refractivity contribution < 1.29 is 5.11 Å². The summed E-state index contributed by atoms with van der Waals surface area (Å²) in [5, 5.41) is 7.89. The van der Waals surface area contributed by atoms with Crippen molar-refractivity contribution >= 4 is 34.8 Å². The van der Waals surface area contributed by atoms with Crippen LogP contribution in [0, 0.1) is 0 Å². The number of rotatable bonds is 4. The van der Waals surface area contributed by atoms with E-state index in [-0.39, 0.29) is 17.4 Å². The molecule has 2 atom stereocenters. The van der Waals surface area contributed by atoms with Crippen molar-refractivity contribution in [3.63, 3.8) is 0 Å². The summed E-state index contributed by atoms with van der Waals surface area (Å²) in [6, 6.07) is 0. The zero-order valence-corrected chi connectivity index (χ0v) is 7.12. The molecule has 4 heteroatoms. The molecule has 2 unspecified atom stereocenters. The van der Waals surface area contributed by atoms with Gasteiger partial charge in [0.25, 0.3) is 0 Å². The van der Waals surface area contributed by atoms with Gasteiger partial charge in [0, 0.05) is 5.88 Å². The van der Waals surface area contributed by atoms with Crippen molar-refractivity contribution in [2.45, 2.75) is 17.2 Å². The highest BCUT2D eigenvalue weighted by Gasteiger charge is 2.13. The van der Waals surface area contributed by atoms with Gasteiger partial charge in [-0.3, -0.25) is 0 Å². The van der Waals surface area contributed by atoms with Gasteiger partial charge in [0.05, 0.1) is 17.4 Å². The Morgan fingerprint density at radius 2 is 1.78 bits per heavy atom. The SMILES string of the molecule is OCC(Cl)C(Cl)CCCl. The first-order chi connectivity index (χ1) is 4.22. The lowest BCUT2D eigenvalue weighted by Gasteiger charge is -2.10. The van der Waals surface area contributed by atoms with Gasteiger partial charge in [0.2, 0.25) is 0 Å². The summed E-state index contributed by atoms with van der Waals surface area (Å²) < 4.78 is 0. The molecule has 0 radical (unpaired) electrons. The van der Waals surface area contributed by atoms with Gasteiger partial charge in [-0.05, 0) is 6.42 Å². The highest BCUT2D eigenvalue weighted by Crippen LogP contribution is 2.13. The van der Waals surface area contributed by atoms with E-state index in [0.29, 0.717) is 12.3 Å². The minimum absolute atomic E-state index is 0.0907. The molecule has 0 aromatic carbocycles. The van der Waals surface area contributed by atoms with Gasteiger partial charge in [-0.1, -0.05) is 0 Å². The third kappa shape index (κ3) is 4.26. The topological polar surface area (TPSA) is 20.2 Å².